The summed E-state index contributed by atoms with van der Waals surface area (Å²) < 4.78 is 0. The molecular weight excluding hydrogens is 204 g/mol. The van der Waals surface area contributed by atoms with Crippen LogP contribution < -0.4 is 5.32 Å². The topological polar surface area (TPSA) is 24.9 Å². The Morgan fingerprint density at radius 2 is 2.20 bits per heavy atom. The van der Waals surface area contributed by atoms with Gasteiger partial charge in [-0.2, -0.15) is 0 Å². The zero-order valence-electron chi connectivity index (χ0n) is 9.84. The molecule has 0 bridgehead atoms. The van der Waals surface area contributed by atoms with Crippen LogP contribution in [0.5, 0.6) is 0 Å². The number of nitrogens with zero attached hydrogens (tertiary/aromatic N) is 1. The second-order valence-corrected chi connectivity index (χ2v) is 6.00. The second-order valence-electron chi connectivity index (χ2n) is 4.71. The largest absolute Gasteiger partial charge is 0.308 e. The van der Waals surface area contributed by atoms with Gasteiger partial charge >= 0.3 is 0 Å². The van der Waals surface area contributed by atoms with Gasteiger partial charge in [-0.15, -0.1) is 11.3 Å². The van der Waals surface area contributed by atoms with Gasteiger partial charge < -0.3 is 5.32 Å². The van der Waals surface area contributed by atoms with E-state index in [4.69, 9.17) is 0 Å². The third-order valence-electron chi connectivity index (χ3n) is 3.06. The number of hydrogen-bond acceptors (Lipinski definition) is 3. The van der Waals surface area contributed by atoms with Crippen LogP contribution in [0.1, 0.15) is 41.8 Å². The van der Waals surface area contributed by atoms with Crippen LogP contribution in [-0.2, 0) is 6.54 Å². The zero-order valence-corrected chi connectivity index (χ0v) is 10.7. The maximum absolute atomic E-state index is 4.53. The van der Waals surface area contributed by atoms with Crippen LogP contribution in [0.25, 0.3) is 0 Å². The highest BCUT2D eigenvalue weighted by atomic mass is 32.1. The van der Waals surface area contributed by atoms with Crippen molar-refractivity contribution in [2.75, 3.05) is 0 Å². The van der Waals surface area contributed by atoms with Gasteiger partial charge in [0.05, 0.1) is 5.69 Å². The number of thiazole rings is 1. The average Bonchev–Trinajstić information content (AvgIpc) is 2.92. The summed E-state index contributed by atoms with van der Waals surface area (Å²) in [5.41, 5.74) is 1.19. The van der Waals surface area contributed by atoms with Crippen LogP contribution in [0.2, 0.25) is 0 Å². The van der Waals surface area contributed by atoms with Crippen molar-refractivity contribution in [3.63, 3.8) is 0 Å². The Bertz CT molecular complexity index is 309. The molecule has 0 aromatic carbocycles. The molecule has 0 spiro atoms. The smallest absolute Gasteiger partial charge is 0.107 e. The molecule has 0 aliphatic heterocycles. The minimum atomic E-state index is 0.641. The number of hydrogen-bond donors (Lipinski definition) is 1. The van der Waals surface area contributed by atoms with Crippen molar-refractivity contribution in [2.45, 2.75) is 52.6 Å². The molecule has 2 nitrogen and oxygen atoms in total. The summed E-state index contributed by atoms with van der Waals surface area (Å²) in [6.45, 7) is 7.45. The Morgan fingerprint density at radius 3 is 2.73 bits per heavy atom. The van der Waals surface area contributed by atoms with Gasteiger partial charge in [0.2, 0.25) is 0 Å². The van der Waals surface area contributed by atoms with E-state index in [0.717, 1.165) is 12.5 Å². The molecule has 1 aliphatic rings. The van der Waals surface area contributed by atoms with Gasteiger partial charge in [0.25, 0.3) is 0 Å². The van der Waals surface area contributed by atoms with Crippen molar-refractivity contribution in [1.82, 2.24) is 10.3 Å². The number of aryl methyl sites for hydroxylation is 2. The van der Waals surface area contributed by atoms with Crippen LogP contribution in [0.4, 0.5) is 0 Å². The normalized spacial score (nSPS) is 18.1. The lowest BCUT2D eigenvalue weighted by molar-refractivity contribution is 0.487. The number of rotatable bonds is 5. The van der Waals surface area contributed by atoms with Crippen molar-refractivity contribution in [3.8, 4) is 0 Å². The lowest BCUT2D eigenvalue weighted by Gasteiger charge is -2.11. The molecule has 2 rings (SSSR count). The molecule has 0 amide bonds. The van der Waals surface area contributed by atoms with Crippen molar-refractivity contribution < 1.29 is 0 Å². The fourth-order valence-corrected chi connectivity index (χ4v) is 2.70. The van der Waals surface area contributed by atoms with E-state index in [0.29, 0.717) is 6.04 Å². The molecular formula is C12H20N2S. The Balaban J connectivity index is 1.76. The molecule has 1 aromatic heterocycles. The van der Waals surface area contributed by atoms with Gasteiger partial charge in [0.1, 0.15) is 5.01 Å². The van der Waals surface area contributed by atoms with Crippen molar-refractivity contribution in [3.05, 3.63) is 15.6 Å². The molecule has 1 fully saturated rings. The van der Waals surface area contributed by atoms with Crippen LogP contribution in [0.15, 0.2) is 0 Å². The third kappa shape index (κ3) is 3.28. The fourth-order valence-electron chi connectivity index (χ4n) is 1.81. The van der Waals surface area contributed by atoms with E-state index in [2.05, 4.69) is 31.1 Å². The van der Waals surface area contributed by atoms with Crippen LogP contribution in [0.3, 0.4) is 0 Å². The van der Waals surface area contributed by atoms with Crippen molar-refractivity contribution in [2.24, 2.45) is 5.92 Å². The molecule has 3 heteroatoms. The minimum absolute atomic E-state index is 0.641. The SMILES string of the molecule is Cc1nc(CNC(C)CC2CC2)sc1C. The monoisotopic (exact) mass is 224 g/mol. The molecule has 1 N–H and O–H groups in total. The molecule has 1 saturated carbocycles. The third-order valence-corrected chi connectivity index (χ3v) is 4.13. The van der Waals surface area contributed by atoms with Crippen molar-refractivity contribution >= 4 is 11.3 Å². The van der Waals surface area contributed by atoms with E-state index in [1.807, 2.05) is 11.3 Å². The quantitative estimate of drug-likeness (QED) is 0.831. The Labute approximate surface area is 96.1 Å². The van der Waals surface area contributed by atoms with E-state index in [9.17, 15) is 0 Å². The summed E-state index contributed by atoms with van der Waals surface area (Å²) in [6.07, 6.45) is 4.23. The first-order chi connectivity index (χ1) is 7.15. The van der Waals surface area contributed by atoms with E-state index < -0.39 is 0 Å². The molecule has 1 atom stereocenters. The summed E-state index contributed by atoms with van der Waals surface area (Å²) in [6, 6.07) is 0.641. The summed E-state index contributed by atoms with van der Waals surface area (Å²) in [7, 11) is 0. The minimum Gasteiger partial charge on any atom is -0.308 e. The Morgan fingerprint density at radius 1 is 1.47 bits per heavy atom. The van der Waals surface area contributed by atoms with Gasteiger partial charge in [0, 0.05) is 17.5 Å². The fraction of sp³-hybridized carbons (Fsp3) is 0.750. The van der Waals surface area contributed by atoms with Gasteiger partial charge in [-0.25, -0.2) is 4.98 Å². The lowest BCUT2D eigenvalue weighted by atomic mass is 10.1. The predicted molar refractivity (Wildman–Crippen MR) is 65.2 cm³/mol. The van der Waals surface area contributed by atoms with Crippen LogP contribution >= 0.6 is 11.3 Å². The number of nitrogens with one attached hydrogen (secondary N) is 1. The first-order valence-corrected chi connectivity index (χ1v) is 6.63. The van der Waals surface area contributed by atoms with E-state index >= 15 is 0 Å². The average molecular weight is 224 g/mol. The molecule has 0 saturated heterocycles. The first kappa shape index (κ1) is 11.1. The summed E-state index contributed by atoms with van der Waals surface area (Å²) in [5.74, 6) is 1.01. The molecule has 1 aliphatic carbocycles. The van der Waals surface area contributed by atoms with Crippen molar-refractivity contribution in [1.29, 1.82) is 0 Å². The standard InChI is InChI=1S/C12H20N2S/c1-8(6-11-4-5-11)13-7-12-14-9(2)10(3)15-12/h8,11,13H,4-7H2,1-3H3. The molecule has 15 heavy (non-hydrogen) atoms. The molecule has 1 aromatic rings. The highest BCUT2D eigenvalue weighted by molar-refractivity contribution is 7.11. The van der Waals surface area contributed by atoms with E-state index in [1.165, 1.54) is 34.8 Å². The summed E-state index contributed by atoms with van der Waals surface area (Å²) in [5, 5.41) is 4.79. The Kier molecular flexibility index (Phi) is 3.42. The maximum Gasteiger partial charge on any atom is 0.107 e. The first-order valence-electron chi connectivity index (χ1n) is 5.81. The van der Waals surface area contributed by atoms with Crippen LogP contribution in [-0.4, -0.2) is 11.0 Å². The zero-order chi connectivity index (χ0) is 10.8. The molecule has 1 unspecified atom stereocenters. The highest BCUT2D eigenvalue weighted by Crippen LogP contribution is 2.33. The second kappa shape index (κ2) is 4.62. The van der Waals surface area contributed by atoms with Crippen LogP contribution in [0, 0.1) is 19.8 Å². The summed E-state index contributed by atoms with van der Waals surface area (Å²) >= 11 is 1.82. The van der Waals surface area contributed by atoms with Gasteiger partial charge in [0.15, 0.2) is 0 Å². The van der Waals surface area contributed by atoms with Gasteiger partial charge in [-0.3, -0.25) is 0 Å². The highest BCUT2D eigenvalue weighted by Gasteiger charge is 2.23. The van der Waals surface area contributed by atoms with E-state index in [-0.39, 0.29) is 0 Å². The maximum atomic E-state index is 4.53. The molecule has 84 valence electrons. The molecule has 0 radical (unpaired) electrons. The molecule has 1 heterocycles. The predicted octanol–water partition coefficient (Wildman–Crippen LogP) is 3.04. The Hall–Kier alpha value is -0.410. The van der Waals surface area contributed by atoms with Gasteiger partial charge in [-0.05, 0) is 33.1 Å². The summed E-state index contributed by atoms with van der Waals surface area (Å²) in [4.78, 5) is 5.88. The van der Waals surface area contributed by atoms with E-state index in [1.54, 1.807) is 0 Å². The number of aromatic nitrogens is 1. The lowest BCUT2D eigenvalue weighted by Crippen LogP contribution is -2.25. The van der Waals surface area contributed by atoms with Gasteiger partial charge in [-0.1, -0.05) is 12.8 Å².